The van der Waals surface area contributed by atoms with Gasteiger partial charge in [-0.05, 0) is 23.8 Å². The zero-order valence-corrected chi connectivity index (χ0v) is 13.5. The summed E-state index contributed by atoms with van der Waals surface area (Å²) in [6.45, 7) is -3.24. The molecular weight excluding hydrogens is 354 g/mol. The highest BCUT2D eigenvalue weighted by Gasteiger charge is 2.17. The van der Waals surface area contributed by atoms with Crippen molar-refractivity contribution in [2.75, 3.05) is 12.8 Å². The third kappa shape index (κ3) is 4.56. The van der Waals surface area contributed by atoms with E-state index >= 15 is 0 Å². The van der Waals surface area contributed by atoms with Gasteiger partial charge in [0.05, 0.1) is 17.6 Å². The molecule has 0 aromatic heterocycles. The Morgan fingerprint density at radius 1 is 1.23 bits per heavy atom. The molecule has 8 nitrogen and oxygen atoms in total. The van der Waals surface area contributed by atoms with Crippen LogP contribution in [0.15, 0.2) is 36.4 Å². The lowest BCUT2D eigenvalue weighted by molar-refractivity contribution is -0.384. The van der Waals surface area contributed by atoms with E-state index in [-0.39, 0.29) is 35.0 Å². The lowest BCUT2D eigenvalue weighted by Gasteiger charge is -2.12. The van der Waals surface area contributed by atoms with Crippen LogP contribution < -0.4 is 15.2 Å². The smallest absolute Gasteiger partial charge is 0.387 e. The van der Waals surface area contributed by atoms with Crippen molar-refractivity contribution in [1.82, 2.24) is 0 Å². The summed E-state index contributed by atoms with van der Waals surface area (Å²) in [4.78, 5) is 22.2. The lowest BCUT2D eigenvalue weighted by atomic mass is 10.1. The van der Waals surface area contributed by atoms with Crippen molar-refractivity contribution in [2.24, 2.45) is 0 Å². The number of alkyl halides is 2. The fourth-order valence-electron chi connectivity index (χ4n) is 2.06. The average Bonchev–Trinajstić information content (AvgIpc) is 2.60. The number of anilines is 1. The second kappa shape index (κ2) is 8.10. The molecule has 0 saturated carbocycles. The molecule has 0 fully saturated rings. The number of nitrogens with zero attached hydrogens (tertiary/aromatic N) is 1. The molecule has 10 heteroatoms. The van der Waals surface area contributed by atoms with Crippen LogP contribution >= 0.6 is 0 Å². The minimum atomic E-state index is -3.01. The number of nitro benzene ring substituents is 1. The molecule has 0 aliphatic heterocycles. The molecule has 2 rings (SSSR count). The Labute approximate surface area is 146 Å². The predicted molar refractivity (Wildman–Crippen MR) is 86.3 cm³/mol. The van der Waals surface area contributed by atoms with Gasteiger partial charge in [0.25, 0.3) is 5.69 Å². The zero-order chi connectivity index (χ0) is 19.3. The molecule has 0 heterocycles. The first kappa shape index (κ1) is 18.9. The Morgan fingerprint density at radius 2 is 1.96 bits per heavy atom. The number of rotatable bonds is 7. The van der Waals surface area contributed by atoms with E-state index in [4.69, 9.17) is 15.2 Å². The number of nitro groups is 1. The molecule has 138 valence electrons. The third-order valence-corrected chi connectivity index (χ3v) is 3.28. The Bertz CT molecular complexity index is 828. The second-order valence-corrected chi connectivity index (χ2v) is 4.97. The van der Waals surface area contributed by atoms with Crippen LogP contribution in [0.2, 0.25) is 0 Å². The largest absolute Gasteiger partial charge is 0.493 e. The molecule has 26 heavy (non-hydrogen) atoms. The van der Waals surface area contributed by atoms with Gasteiger partial charge >= 0.3 is 12.6 Å². The molecule has 0 unspecified atom stereocenters. The van der Waals surface area contributed by atoms with Crippen molar-refractivity contribution in [3.8, 4) is 11.5 Å². The van der Waals surface area contributed by atoms with E-state index in [1.807, 2.05) is 0 Å². The number of nitrogen functional groups attached to an aromatic ring is 1. The maximum atomic E-state index is 12.3. The first-order valence-electron chi connectivity index (χ1n) is 7.14. The van der Waals surface area contributed by atoms with E-state index in [0.29, 0.717) is 5.56 Å². The van der Waals surface area contributed by atoms with Crippen LogP contribution in [-0.4, -0.2) is 24.6 Å². The van der Waals surface area contributed by atoms with Gasteiger partial charge in [-0.15, -0.1) is 0 Å². The number of carbonyl (C=O) groups is 1. The Morgan fingerprint density at radius 3 is 2.58 bits per heavy atom. The van der Waals surface area contributed by atoms with Crippen LogP contribution in [0.5, 0.6) is 11.5 Å². The van der Waals surface area contributed by atoms with Crippen molar-refractivity contribution in [3.05, 3.63) is 57.6 Å². The fourth-order valence-corrected chi connectivity index (χ4v) is 2.06. The van der Waals surface area contributed by atoms with Crippen molar-refractivity contribution in [2.45, 2.75) is 13.2 Å². The molecular formula is C16H14F2N2O6. The first-order valence-corrected chi connectivity index (χ1v) is 7.14. The number of esters is 1. The van der Waals surface area contributed by atoms with Gasteiger partial charge in [-0.3, -0.25) is 10.1 Å². The van der Waals surface area contributed by atoms with E-state index < -0.39 is 17.5 Å². The first-order chi connectivity index (χ1) is 12.3. The van der Waals surface area contributed by atoms with Crippen LogP contribution in [0.1, 0.15) is 15.9 Å². The third-order valence-electron chi connectivity index (χ3n) is 3.28. The highest BCUT2D eigenvalue weighted by Crippen LogP contribution is 2.30. The normalized spacial score (nSPS) is 10.5. The second-order valence-electron chi connectivity index (χ2n) is 4.97. The molecule has 0 aliphatic carbocycles. The Hall–Kier alpha value is -3.43. The number of nitrogens with two attached hydrogens (primary N) is 1. The molecule has 0 radical (unpaired) electrons. The van der Waals surface area contributed by atoms with Gasteiger partial charge in [-0.25, -0.2) is 4.79 Å². The predicted octanol–water partition coefficient (Wildman–Crippen LogP) is 3.14. The molecule has 0 spiro atoms. The van der Waals surface area contributed by atoms with Crippen molar-refractivity contribution in [3.63, 3.8) is 0 Å². The van der Waals surface area contributed by atoms with Crippen molar-refractivity contribution < 1.29 is 32.7 Å². The van der Waals surface area contributed by atoms with Gasteiger partial charge in [0.2, 0.25) is 0 Å². The number of hydrogen-bond donors (Lipinski definition) is 1. The standard InChI is InChI=1S/C16H14F2N2O6/c1-24-14-6-9(2-5-13(14)26-16(17)18)8-25-15(21)11-7-10(20(22)23)3-4-12(11)19/h2-7,16H,8,19H2,1H3. The summed E-state index contributed by atoms with van der Waals surface area (Å²) >= 11 is 0. The monoisotopic (exact) mass is 368 g/mol. The summed E-state index contributed by atoms with van der Waals surface area (Å²) in [6, 6.07) is 7.42. The van der Waals surface area contributed by atoms with Gasteiger partial charge < -0.3 is 19.9 Å². The van der Waals surface area contributed by atoms with E-state index in [1.54, 1.807) is 0 Å². The lowest BCUT2D eigenvalue weighted by Crippen LogP contribution is -2.09. The molecule has 0 aliphatic rings. The maximum absolute atomic E-state index is 12.3. The fraction of sp³-hybridized carbons (Fsp3) is 0.188. The summed E-state index contributed by atoms with van der Waals surface area (Å²) in [5.41, 5.74) is 5.64. The van der Waals surface area contributed by atoms with E-state index in [9.17, 15) is 23.7 Å². The van der Waals surface area contributed by atoms with Gasteiger partial charge in [-0.1, -0.05) is 6.07 Å². The maximum Gasteiger partial charge on any atom is 0.387 e. The van der Waals surface area contributed by atoms with Gasteiger partial charge in [0.1, 0.15) is 6.61 Å². The van der Waals surface area contributed by atoms with Crippen LogP contribution in [0.3, 0.4) is 0 Å². The highest BCUT2D eigenvalue weighted by atomic mass is 19.3. The van der Waals surface area contributed by atoms with E-state index in [2.05, 4.69) is 4.74 Å². The molecule has 2 aromatic carbocycles. The van der Waals surface area contributed by atoms with Crippen LogP contribution in [0, 0.1) is 10.1 Å². The summed E-state index contributed by atoms with van der Waals surface area (Å²) in [5, 5.41) is 10.8. The summed E-state index contributed by atoms with van der Waals surface area (Å²) in [5.74, 6) is -0.993. The summed E-state index contributed by atoms with van der Waals surface area (Å²) in [6.07, 6.45) is 0. The van der Waals surface area contributed by atoms with E-state index in [0.717, 1.165) is 6.07 Å². The Balaban J connectivity index is 2.12. The summed E-state index contributed by atoms with van der Waals surface area (Å²) in [7, 11) is 1.27. The quantitative estimate of drug-likeness (QED) is 0.345. The molecule has 0 saturated heterocycles. The van der Waals surface area contributed by atoms with Crippen molar-refractivity contribution in [1.29, 1.82) is 0 Å². The number of ether oxygens (including phenoxy) is 3. The van der Waals surface area contributed by atoms with Crippen LogP contribution in [0.4, 0.5) is 20.2 Å². The number of non-ortho nitro benzene ring substituents is 1. The minimum absolute atomic E-state index is 0.0267. The molecule has 2 N–H and O–H groups in total. The summed E-state index contributed by atoms with van der Waals surface area (Å²) < 4.78 is 38.9. The number of benzene rings is 2. The number of hydrogen-bond acceptors (Lipinski definition) is 7. The van der Waals surface area contributed by atoms with Crippen LogP contribution in [-0.2, 0) is 11.3 Å². The average molecular weight is 368 g/mol. The van der Waals surface area contributed by atoms with E-state index in [1.165, 1.54) is 37.4 Å². The molecule has 0 atom stereocenters. The van der Waals surface area contributed by atoms with Crippen LogP contribution in [0.25, 0.3) is 0 Å². The van der Waals surface area contributed by atoms with Crippen molar-refractivity contribution >= 4 is 17.3 Å². The van der Waals surface area contributed by atoms with Gasteiger partial charge in [-0.2, -0.15) is 8.78 Å². The van der Waals surface area contributed by atoms with Gasteiger partial charge in [0.15, 0.2) is 11.5 Å². The number of methoxy groups -OCH3 is 1. The molecule has 2 aromatic rings. The minimum Gasteiger partial charge on any atom is -0.493 e. The SMILES string of the molecule is COc1cc(COC(=O)c2cc([N+](=O)[O-])ccc2N)ccc1OC(F)F. The highest BCUT2D eigenvalue weighted by molar-refractivity contribution is 5.95. The zero-order valence-electron chi connectivity index (χ0n) is 13.5. The topological polar surface area (TPSA) is 114 Å². The molecule has 0 bridgehead atoms. The molecule has 0 amide bonds. The van der Waals surface area contributed by atoms with Gasteiger partial charge in [0, 0.05) is 17.8 Å². The number of carbonyl (C=O) groups excluding carboxylic acids is 1. The number of halogens is 2. The Kier molecular flexibility index (Phi) is 5.89.